The van der Waals surface area contributed by atoms with Crippen LogP contribution in [0.25, 0.3) is 0 Å². The lowest BCUT2D eigenvalue weighted by molar-refractivity contribution is -0.115. The average Bonchev–Trinajstić information content (AvgIpc) is 2.50. The smallest absolute Gasteiger partial charge is 0.226 e. The van der Waals surface area contributed by atoms with Crippen molar-refractivity contribution >= 4 is 44.8 Å². The zero-order valence-electron chi connectivity index (χ0n) is 13.0. The van der Waals surface area contributed by atoms with Gasteiger partial charge in [0.25, 0.3) is 0 Å². The van der Waals surface area contributed by atoms with Crippen LogP contribution in [0.15, 0.2) is 40.9 Å². The summed E-state index contributed by atoms with van der Waals surface area (Å²) in [5.41, 5.74) is 2.60. The number of methoxy groups -OCH3 is 1. The van der Waals surface area contributed by atoms with Crippen LogP contribution in [0, 0.1) is 6.92 Å². The third-order valence-electron chi connectivity index (χ3n) is 3.29. The number of benzene rings is 2. The van der Waals surface area contributed by atoms with Crippen molar-refractivity contribution in [3.8, 4) is 5.75 Å². The molecule has 0 unspecified atom stereocenters. The fraction of sp³-hybridized carbons (Fsp3) is 0.235. The monoisotopic (exact) mass is 396 g/mol. The number of amides is 1. The molecule has 0 radical (unpaired) electrons. The summed E-state index contributed by atoms with van der Waals surface area (Å²) in [6, 6.07) is 11.1. The third-order valence-corrected chi connectivity index (χ3v) is 4.02. The van der Waals surface area contributed by atoms with Crippen molar-refractivity contribution in [2.75, 3.05) is 24.3 Å². The van der Waals surface area contributed by atoms with Gasteiger partial charge in [-0.3, -0.25) is 4.79 Å². The molecule has 2 rings (SSSR count). The average molecular weight is 398 g/mol. The maximum atomic E-state index is 12.0. The summed E-state index contributed by atoms with van der Waals surface area (Å²) < 4.78 is 6.24. The minimum absolute atomic E-state index is 0.0519. The van der Waals surface area contributed by atoms with Crippen LogP contribution < -0.4 is 15.4 Å². The molecule has 0 spiro atoms. The standard InChI is InChI=1S/C17H18BrClN2O2/c1-11-9-12(18)3-5-14(11)21-17(22)7-8-20-15-10-13(19)4-6-16(15)23-2/h3-6,9-10,20H,7-8H2,1-2H3,(H,21,22). The van der Waals surface area contributed by atoms with Crippen LogP contribution in [0.4, 0.5) is 11.4 Å². The molecule has 0 aliphatic heterocycles. The van der Waals surface area contributed by atoms with Crippen LogP contribution in [0.5, 0.6) is 5.75 Å². The molecule has 23 heavy (non-hydrogen) atoms. The topological polar surface area (TPSA) is 50.4 Å². The third kappa shape index (κ3) is 5.15. The summed E-state index contributed by atoms with van der Waals surface area (Å²) >= 11 is 9.38. The van der Waals surface area contributed by atoms with Crippen molar-refractivity contribution < 1.29 is 9.53 Å². The van der Waals surface area contributed by atoms with E-state index < -0.39 is 0 Å². The van der Waals surface area contributed by atoms with Crippen LogP contribution >= 0.6 is 27.5 Å². The summed E-state index contributed by atoms with van der Waals surface area (Å²) in [5, 5.41) is 6.69. The summed E-state index contributed by atoms with van der Waals surface area (Å²) in [6.45, 7) is 2.44. The van der Waals surface area contributed by atoms with E-state index in [1.807, 2.05) is 25.1 Å². The molecule has 0 heterocycles. The zero-order valence-corrected chi connectivity index (χ0v) is 15.3. The Morgan fingerprint density at radius 3 is 2.70 bits per heavy atom. The van der Waals surface area contributed by atoms with Gasteiger partial charge < -0.3 is 15.4 Å². The van der Waals surface area contributed by atoms with Gasteiger partial charge in [0, 0.05) is 28.1 Å². The van der Waals surface area contributed by atoms with Gasteiger partial charge in [-0.2, -0.15) is 0 Å². The molecule has 0 bridgehead atoms. The lowest BCUT2D eigenvalue weighted by Crippen LogP contribution is -2.17. The highest BCUT2D eigenvalue weighted by atomic mass is 79.9. The highest BCUT2D eigenvalue weighted by Crippen LogP contribution is 2.27. The van der Waals surface area contributed by atoms with Gasteiger partial charge in [0.05, 0.1) is 12.8 Å². The molecule has 1 amide bonds. The molecule has 0 saturated heterocycles. The number of nitrogens with one attached hydrogen (secondary N) is 2. The van der Waals surface area contributed by atoms with E-state index in [4.69, 9.17) is 16.3 Å². The van der Waals surface area contributed by atoms with E-state index in [9.17, 15) is 4.79 Å². The Balaban J connectivity index is 1.89. The lowest BCUT2D eigenvalue weighted by Gasteiger charge is -2.12. The summed E-state index contributed by atoms with van der Waals surface area (Å²) in [4.78, 5) is 12.0. The second-order valence-electron chi connectivity index (χ2n) is 5.03. The fourth-order valence-electron chi connectivity index (χ4n) is 2.11. The maximum Gasteiger partial charge on any atom is 0.226 e. The maximum absolute atomic E-state index is 12.0. The summed E-state index contributed by atoms with van der Waals surface area (Å²) in [7, 11) is 1.59. The minimum Gasteiger partial charge on any atom is -0.495 e. The van der Waals surface area contributed by atoms with Gasteiger partial charge in [-0.05, 0) is 48.9 Å². The van der Waals surface area contributed by atoms with Gasteiger partial charge in [0.1, 0.15) is 5.75 Å². The molecular weight excluding hydrogens is 380 g/mol. The summed E-state index contributed by atoms with van der Waals surface area (Å²) in [5.74, 6) is 0.641. The number of anilines is 2. The van der Waals surface area contributed by atoms with Gasteiger partial charge in [-0.25, -0.2) is 0 Å². The molecule has 2 aromatic carbocycles. The van der Waals surface area contributed by atoms with Crippen LogP contribution in [0.1, 0.15) is 12.0 Å². The molecule has 0 atom stereocenters. The van der Waals surface area contributed by atoms with Crippen molar-refractivity contribution in [3.63, 3.8) is 0 Å². The number of carbonyl (C=O) groups excluding carboxylic acids is 1. The first kappa shape index (κ1) is 17.6. The number of rotatable bonds is 6. The number of aryl methyl sites for hydroxylation is 1. The molecule has 2 aromatic rings. The Kier molecular flexibility index (Phi) is 6.30. The van der Waals surface area contributed by atoms with Crippen LogP contribution in [-0.4, -0.2) is 19.6 Å². The van der Waals surface area contributed by atoms with Gasteiger partial charge in [-0.1, -0.05) is 27.5 Å². The van der Waals surface area contributed by atoms with E-state index >= 15 is 0 Å². The van der Waals surface area contributed by atoms with Gasteiger partial charge in [0.15, 0.2) is 0 Å². The molecular formula is C17H18BrClN2O2. The molecule has 0 aliphatic rings. The van der Waals surface area contributed by atoms with E-state index in [1.165, 1.54) is 0 Å². The highest BCUT2D eigenvalue weighted by molar-refractivity contribution is 9.10. The molecule has 122 valence electrons. The Labute approximate surface area is 149 Å². The Morgan fingerprint density at radius 2 is 2.00 bits per heavy atom. The minimum atomic E-state index is -0.0519. The van der Waals surface area contributed by atoms with Gasteiger partial charge in [0.2, 0.25) is 5.91 Å². The molecule has 4 nitrogen and oxygen atoms in total. The number of ether oxygens (including phenoxy) is 1. The Morgan fingerprint density at radius 1 is 1.22 bits per heavy atom. The molecule has 0 fully saturated rings. The number of hydrogen-bond donors (Lipinski definition) is 2. The lowest BCUT2D eigenvalue weighted by atomic mass is 10.2. The van der Waals surface area contributed by atoms with Crippen molar-refractivity contribution in [2.24, 2.45) is 0 Å². The second-order valence-corrected chi connectivity index (χ2v) is 6.38. The summed E-state index contributed by atoms with van der Waals surface area (Å²) in [6.07, 6.45) is 0.338. The number of halogens is 2. The molecule has 0 saturated carbocycles. The van der Waals surface area contributed by atoms with Gasteiger partial charge in [-0.15, -0.1) is 0 Å². The van der Waals surface area contributed by atoms with Crippen LogP contribution in [-0.2, 0) is 4.79 Å². The molecule has 0 aromatic heterocycles. The molecule has 0 aliphatic carbocycles. The van der Waals surface area contributed by atoms with Crippen LogP contribution in [0.2, 0.25) is 5.02 Å². The van der Waals surface area contributed by atoms with E-state index in [0.717, 1.165) is 21.4 Å². The normalized spacial score (nSPS) is 10.3. The largest absolute Gasteiger partial charge is 0.495 e. The van der Waals surface area contributed by atoms with Crippen molar-refractivity contribution in [1.82, 2.24) is 0 Å². The second kappa shape index (κ2) is 8.22. The first-order valence-corrected chi connectivity index (χ1v) is 8.30. The van der Waals surface area contributed by atoms with E-state index in [-0.39, 0.29) is 5.91 Å². The number of carbonyl (C=O) groups is 1. The Hall–Kier alpha value is -1.72. The Bertz CT molecular complexity index is 707. The number of hydrogen-bond acceptors (Lipinski definition) is 3. The van der Waals surface area contributed by atoms with E-state index in [2.05, 4.69) is 26.6 Å². The van der Waals surface area contributed by atoms with Gasteiger partial charge >= 0.3 is 0 Å². The van der Waals surface area contributed by atoms with Crippen molar-refractivity contribution in [1.29, 1.82) is 0 Å². The van der Waals surface area contributed by atoms with E-state index in [0.29, 0.717) is 23.7 Å². The quantitative estimate of drug-likeness (QED) is 0.732. The van der Waals surface area contributed by atoms with Crippen molar-refractivity contribution in [2.45, 2.75) is 13.3 Å². The zero-order chi connectivity index (χ0) is 16.8. The van der Waals surface area contributed by atoms with Crippen LogP contribution in [0.3, 0.4) is 0 Å². The molecule has 2 N–H and O–H groups in total. The first-order valence-electron chi connectivity index (χ1n) is 7.13. The van der Waals surface area contributed by atoms with E-state index in [1.54, 1.807) is 25.3 Å². The first-order chi connectivity index (χ1) is 11.0. The molecule has 6 heteroatoms. The highest BCUT2D eigenvalue weighted by Gasteiger charge is 2.07. The predicted molar refractivity (Wildman–Crippen MR) is 98.6 cm³/mol. The van der Waals surface area contributed by atoms with Crippen molar-refractivity contribution in [3.05, 3.63) is 51.5 Å². The predicted octanol–water partition coefficient (Wildman–Crippen LogP) is 4.86. The SMILES string of the molecule is COc1ccc(Cl)cc1NCCC(=O)Nc1ccc(Br)cc1C. The fourth-order valence-corrected chi connectivity index (χ4v) is 2.76.